The van der Waals surface area contributed by atoms with Crippen LogP contribution in [0.25, 0.3) is 0 Å². The summed E-state index contributed by atoms with van der Waals surface area (Å²) in [6, 6.07) is 4.31. The molecule has 4 aliphatic rings. The molecule has 2 saturated heterocycles. The topological polar surface area (TPSA) is 73.2 Å². The van der Waals surface area contributed by atoms with Gasteiger partial charge in [0.1, 0.15) is 0 Å². The molecule has 4 atom stereocenters. The maximum Gasteiger partial charge on any atom is 0.224 e. The lowest BCUT2D eigenvalue weighted by molar-refractivity contribution is -0.118. The number of carbonyl (C=O) groups excluding carboxylic acids is 1. The van der Waals surface area contributed by atoms with Crippen molar-refractivity contribution in [1.29, 1.82) is 0 Å². The third-order valence-electron chi connectivity index (χ3n) is 8.21. The number of rotatable bonds is 3. The number of anilines is 1. The molecule has 0 bridgehead atoms. The number of phenols is 1. The van der Waals surface area contributed by atoms with Crippen LogP contribution in [-0.2, 0) is 10.2 Å². The van der Waals surface area contributed by atoms with Crippen molar-refractivity contribution < 1.29 is 19.7 Å². The molecule has 6 nitrogen and oxygen atoms in total. The monoisotopic (exact) mass is 386 g/mol. The summed E-state index contributed by atoms with van der Waals surface area (Å²) in [4.78, 5) is 17.2. The van der Waals surface area contributed by atoms with Gasteiger partial charge in [0.05, 0.1) is 12.8 Å². The first-order valence-electron chi connectivity index (χ1n) is 10.6. The van der Waals surface area contributed by atoms with Crippen LogP contribution in [0.3, 0.4) is 0 Å². The third-order valence-corrected chi connectivity index (χ3v) is 8.21. The van der Waals surface area contributed by atoms with Crippen LogP contribution in [0.1, 0.15) is 51.0 Å². The number of hydrogen-bond acceptors (Lipinski definition) is 5. The Morgan fingerprint density at radius 3 is 2.82 bits per heavy atom. The number of aliphatic hydroxyl groups is 1. The molecule has 5 rings (SSSR count). The Bertz CT molecular complexity index is 823. The number of phenolic OH excluding ortho intramolecular Hbond substituents is 1. The number of amides is 1. The molecule has 0 radical (unpaired) electrons. The number of carbonyl (C=O) groups is 1. The lowest BCUT2D eigenvalue weighted by Gasteiger charge is -2.58. The van der Waals surface area contributed by atoms with E-state index in [4.69, 9.17) is 4.74 Å². The zero-order valence-electron chi connectivity index (χ0n) is 16.8. The molecule has 3 heterocycles. The normalized spacial score (nSPS) is 36.0. The van der Waals surface area contributed by atoms with Crippen molar-refractivity contribution in [2.75, 3.05) is 31.7 Å². The molecule has 1 saturated carbocycles. The van der Waals surface area contributed by atoms with Gasteiger partial charge in [-0.3, -0.25) is 9.69 Å². The van der Waals surface area contributed by atoms with Gasteiger partial charge in [0.15, 0.2) is 11.5 Å². The SMILES string of the molecule is COc1ccc2c(c1O)N(C(C)=O)C1CCC3(CCO)CCCN4CCC21C43. The van der Waals surface area contributed by atoms with Gasteiger partial charge >= 0.3 is 0 Å². The molecule has 1 amide bonds. The van der Waals surface area contributed by atoms with Crippen LogP contribution >= 0.6 is 0 Å². The summed E-state index contributed by atoms with van der Waals surface area (Å²) in [5.74, 6) is 0.483. The quantitative estimate of drug-likeness (QED) is 0.835. The van der Waals surface area contributed by atoms with Gasteiger partial charge in [0.25, 0.3) is 0 Å². The van der Waals surface area contributed by atoms with Crippen LogP contribution in [0.4, 0.5) is 5.69 Å². The number of ether oxygens (including phenoxy) is 1. The molecule has 1 aromatic rings. The van der Waals surface area contributed by atoms with E-state index < -0.39 is 0 Å². The number of fused-ring (bicyclic) bond motifs is 1. The maximum absolute atomic E-state index is 12.8. The van der Waals surface area contributed by atoms with Gasteiger partial charge < -0.3 is 19.8 Å². The standard InChI is InChI=1S/C22H30N2O4/c1-14(26)24-17-6-8-21(10-13-25)7-3-11-23-12-9-22(17,20(21)23)15-4-5-16(28-2)19(27)18(15)24/h4-5,17,20,25,27H,3,6-13H2,1-2H3. The number of aromatic hydroxyl groups is 1. The van der Waals surface area contributed by atoms with Gasteiger partial charge in [-0.1, -0.05) is 6.07 Å². The summed E-state index contributed by atoms with van der Waals surface area (Å²) in [6.45, 7) is 3.92. The van der Waals surface area contributed by atoms with E-state index in [0.717, 1.165) is 50.8 Å². The second-order valence-electron chi connectivity index (χ2n) is 9.12. The van der Waals surface area contributed by atoms with E-state index in [1.54, 1.807) is 14.0 Å². The summed E-state index contributed by atoms with van der Waals surface area (Å²) in [5, 5.41) is 20.9. The Morgan fingerprint density at radius 1 is 1.29 bits per heavy atom. The molecule has 28 heavy (non-hydrogen) atoms. The zero-order valence-corrected chi connectivity index (χ0v) is 16.8. The van der Waals surface area contributed by atoms with Crippen LogP contribution in [-0.4, -0.2) is 59.9 Å². The molecule has 4 unspecified atom stereocenters. The molecule has 1 aromatic carbocycles. The number of hydrogen-bond donors (Lipinski definition) is 2. The highest BCUT2D eigenvalue weighted by Gasteiger charge is 2.68. The van der Waals surface area contributed by atoms with E-state index in [2.05, 4.69) is 11.0 Å². The average Bonchev–Trinajstić information content (AvgIpc) is 3.21. The van der Waals surface area contributed by atoms with Crippen LogP contribution in [0.5, 0.6) is 11.5 Å². The molecule has 3 aliphatic heterocycles. The third kappa shape index (κ3) is 2.03. The molecule has 3 fully saturated rings. The summed E-state index contributed by atoms with van der Waals surface area (Å²) in [6.07, 6.45) is 6.07. The molecule has 1 aliphatic carbocycles. The molecular weight excluding hydrogens is 356 g/mol. The summed E-state index contributed by atoms with van der Waals surface area (Å²) < 4.78 is 5.36. The molecule has 152 valence electrons. The van der Waals surface area contributed by atoms with Crippen LogP contribution < -0.4 is 9.64 Å². The van der Waals surface area contributed by atoms with Crippen molar-refractivity contribution in [2.45, 2.75) is 62.9 Å². The minimum atomic E-state index is -0.168. The smallest absolute Gasteiger partial charge is 0.224 e. The van der Waals surface area contributed by atoms with E-state index in [1.165, 1.54) is 6.42 Å². The van der Waals surface area contributed by atoms with Crippen LogP contribution in [0, 0.1) is 5.41 Å². The Kier molecular flexibility index (Phi) is 3.98. The first-order chi connectivity index (χ1) is 13.5. The first-order valence-corrected chi connectivity index (χ1v) is 10.6. The van der Waals surface area contributed by atoms with Crippen LogP contribution in [0.15, 0.2) is 12.1 Å². The Balaban J connectivity index is 1.75. The summed E-state index contributed by atoms with van der Waals surface area (Å²) in [7, 11) is 1.55. The lowest BCUT2D eigenvalue weighted by Crippen LogP contribution is -2.65. The van der Waals surface area contributed by atoms with E-state index in [9.17, 15) is 15.0 Å². The van der Waals surface area contributed by atoms with Crippen LogP contribution in [0.2, 0.25) is 0 Å². The highest BCUT2D eigenvalue weighted by atomic mass is 16.5. The van der Waals surface area contributed by atoms with Gasteiger partial charge in [0.2, 0.25) is 5.91 Å². The molecule has 1 spiro atoms. The van der Waals surface area contributed by atoms with Crippen molar-refractivity contribution in [3.8, 4) is 11.5 Å². The minimum absolute atomic E-state index is 0.0180. The number of methoxy groups -OCH3 is 1. The van der Waals surface area contributed by atoms with E-state index in [1.807, 2.05) is 11.0 Å². The Morgan fingerprint density at radius 2 is 2.11 bits per heavy atom. The highest BCUT2D eigenvalue weighted by Crippen LogP contribution is 2.67. The van der Waals surface area contributed by atoms with Crippen molar-refractivity contribution in [3.63, 3.8) is 0 Å². The molecular formula is C22H30N2O4. The predicted octanol–water partition coefficient (Wildman–Crippen LogP) is 2.40. The molecule has 0 aromatic heterocycles. The average molecular weight is 386 g/mol. The Labute approximate surface area is 166 Å². The second kappa shape index (κ2) is 6.10. The van der Waals surface area contributed by atoms with E-state index in [0.29, 0.717) is 17.5 Å². The van der Waals surface area contributed by atoms with Crippen molar-refractivity contribution in [2.24, 2.45) is 5.41 Å². The van der Waals surface area contributed by atoms with Crippen molar-refractivity contribution in [1.82, 2.24) is 4.90 Å². The van der Waals surface area contributed by atoms with Gasteiger partial charge in [-0.25, -0.2) is 0 Å². The maximum atomic E-state index is 12.8. The zero-order chi connectivity index (χ0) is 19.7. The molecule has 6 heteroatoms. The van der Waals surface area contributed by atoms with Crippen molar-refractivity contribution in [3.05, 3.63) is 17.7 Å². The van der Waals surface area contributed by atoms with Gasteiger partial charge in [-0.05, 0) is 68.7 Å². The number of nitrogens with zero attached hydrogens (tertiary/aromatic N) is 2. The largest absolute Gasteiger partial charge is 0.503 e. The van der Waals surface area contributed by atoms with Gasteiger partial charge in [0, 0.05) is 31.0 Å². The summed E-state index contributed by atoms with van der Waals surface area (Å²) in [5.41, 5.74) is 1.68. The predicted molar refractivity (Wildman–Crippen MR) is 106 cm³/mol. The Hall–Kier alpha value is -1.79. The fourth-order valence-corrected chi connectivity index (χ4v) is 7.47. The fraction of sp³-hybridized carbons (Fsp3) is 0.682. The van der Waals surface area contributed by atoms with Gasteiger partial charge in [-0.15, -0.1) is 0 Å². The number of piperidine rings is 1. The van der Waals surface area contributed by atoms with E-state index in [-0.39, 0.29) is 35.1 Å². The minimum Gasteiger partial charge on any atom is -0.503 e. The first kappa shape index (κ1) is 18.3. The lowest BCUT2D eigenvalue weighted by atomic mass is 9.52. The molecule has 2 N–H and O–H groups in total. The van der Waals surface area contributed by atoms with E-state index >= 15 is 0 Å². The second-order valence-corrected chi connectivity index (χ2v) is 9.12. The fourth-order valence-electron chi connectivity index (χ4n) is 7.47. The van der Waals surface area contributed by atoms with Crippen molar-refractivity contribution >= 4 is 11.6 Å². The highest BCUT2D eigenvalue weighted by molar-refractivity contribution is 5.98. The number of aliphatic hydroxyl groups excluding tert-OH is 1. The summed E-state index contributed by atoms with van der Waals surface area (Å²) >= 11 is 0. The van der Waals surface area contributed by atoms with Gasteiger partial charge in [-0.2, -0.15) is 0 Å². The number of benzene rings is 1.